The second-order valence-electron chi connectivity index (χ2n) is 6.00. The highest BCUT2D eigenvalue weighted by molar-refractivity contribution is 5.98. The van der Waals surface area contributed by atoms with Crippen LogP contribution in [0.3, 0.4) is 0 Å². The molecule has 0 saturated carbocycles. The van der Waals surface area contributed by atoms with Crippen molar-refractivity contribution in [2.75, 3.05) is 13.7 Å². The molecule has 0 aliphatic rings. The van der Waals surface area contributed by atoms with Crippen molar-refractivity contribution in [1.29, 1.82) is 0 Å². The van der Waals surface area contributed by atoms with Crippen LogP contribution in [-0.4, -0.2) is 29.5 Å². The van der Waals surface area contributed by atoms with Crippen molar-refractivity contribution in [2.45, 2.75) is 6.42 Å². The standard InChI is InChI=1S/C20H19N3O2/c1-25-15-6-7-17-14(10-15)11-19(23-17)20(24)21-9-8-13-12-22-18-5-3-2-4-16(13)18/h2-7,10-12,22-23H,8-9H2,1H3,(H,21,24). The summed E-state index contributed by atoms with van der Waals surface area (Å²) < 4.78 is 5.22. The number of carbonyl (C=O) groups excluding carboxylic acids is 1. The quantitative estimate of drug-likeness (QED) is 0.522. The van der Waals surface area contributed by atoms with Gasteiger partial charge in [0.25, 0.3) is 5.91 Å². The third-order valence-corrected chi connectivity index (χ3v) is 4.43. The molecule has 126 valence electrons. The first kappa shape index (κ1) is 15.3. The Morgan fingerprint density at radius 2 is 2.00 bits per heavy atom. The highest BCUT2D eigenvalue weighted by Gasteiger charge is 2.10. The fourth-order valence-electron chi connectivity index (χ4n) is 3.10. The van der Waals surface area contributed by atoms with Gasteiger partial charge in [0.05, 0.1) is 7.11 Å². The van der Waals surface area contributed by atoms with Crippen LogP contribution in [0, 0.1) is 0 Å². The number of aromatic amines is 2. The number of aromatic nitrogens is 2. The van der Waals surface area contributed by atoms with E-state index in [-0.39, 0.29) is 5.91 Å². The molecule has 5 nitrogen and oxygen atoms in total. The number of para-hydroxylation sites is 1. The van der Waals surface area contributed by atoms with Crippen LogP contribution in [0.5, 0.6) is 5.75 Å². The van der Waals surface area contributed by atoms with E-state index in [1.165, 1.54) is 10.9 Å². The lowest BCUT2D eigenvalue weighted by Crippen LogP contribution is -2.25. The molecular formula is C20H19N3O2. The van der Waals surface area contributed by atoms with E-state index in [4.69, 9.17) is 4.74 Å². The van der Waals surface area contributed by atoms with Gasteiger partial charge in [0, 0.05) is 34.5 Å². The number of fused-ring (bicyclic) bond motifs is 2. The number of ether oxygens (including phenoxy) is 1. The molecule has 3 N–H and O–H groups in total. The zero-order chi connectivity index (χ0) is 17.2. The Labute approximate surface area is 145 Å². The Bertz CT molecular complexity index is 1050. The molecule has 4 aromatic rings. The van der Waals surface area contributed by atoms with Crippen LogP contribution in [0.2, 0.25) is 0 Å². The van der Waals surface area contributed by atoms with Gasteiger partial charge >= 0.3 is 0 Å². The molecule has 4 rings (SSSR count). The smallest absolute Gasteiger partial charge is 0.267 e. The Kier molecular flexibility index (Phi) is 3.90. The Morgan fingerprint density at radius 1 is 1.12 bits per heavy atom. The molecule has 0 saturated heterocycles. The molecule has 0 bridgehead atoms. The maximum atomic E-state index is 12.4. The Hall–Kier alpha value is -3.21. The molecule has 0 atom stereocenters. The number of hydrogen-bond donors (Lipinski definition) is 3. The van der Waals surface area contributed by atoms with Crippen molar-refractivity contribution in [3.8, 4) is 5.75 Å². The van der Waals surface area contributed by atoms with Crippen molar-refractivity contribution >= 4 is 27.7 Å². The van der Waals surface area contributed by atoms with Crippen LogP contribution < -0.4 is 10.1 Å². The summed E-state index contributed by atoms with van der Waals surface area (Å²) >= 11 is 0. The highest BCUT2D eigenvalue weighted by Crippen LogP contribution is 2.21. The van der Waals surface area contributed by atoms with E-state index in [1.54, 1.807) is 7.11 Å². The second-order valence-corrected chi connectivity index (χ2v) is 6.00. The maximum absolute atomic E-state index is 12.4. The molecule has 0 unspecified atom stereocenters. The van der Waals surface area contributed by atoms with Gasteiger partial charge in [-0.25, -0.2) is 0 Å². The summed E-state index contributed by atoms with van der Waals surface area (Å²) in [6.07, 6.45) is 2.79. The van der Waals surface area contributed by atoms with Crippen LogP contribution in [0.25, 0.3) is 21.8 Å². The lowest BCUT2D eigenvalue weighted by Gasteiger charge is -2.03. The van der Waals surface area contributed by atoms with Crippen LogP contribution in [-0.2, 0) is 6.42 Å². The van der Waals surface area contributed by atoms with Gasteiger partial charge in [0.1, 0.15) is 11.4 Å². The lowest BCUT2D eigenvalue weighted by atomic mass is 10.1. The molecule has 0 radical (unpaired) electrons. The first-order chi connectivity index (χ1) is 12.2. The summed E-state index contributed by atoms with van der Waals surface area (Å²) in [5.74, 6) is 0.674. The van der Waals surface area contributed by atoms with E-state index in [0.29, 0.717) is 12.2 Å². The summed E-state index contributed by atoms with van der Waals surface area (Å²) in [7, 11) is 1.63. The molecule has 1 amide bonds. The van der Waals surface area contributed by atoms with Crippen LogP contribution in [0.15, 0.2) is 54.7 Å². The predicted molar refractivity (Wildman–Crippen MR) is 99.2 cm³/mol. The summed E-state index contributed by atoms with van der Waals surface area (Å²) in [5.41, 5.74) is 3.80. The summed E-state index contributed by atoms with van der Waals surface area (Å²) in [5, 5.41) is 5.14. The molecule has 2 aromatic heterocycles. The van der Waals surface area contributed by atoms with Crippen molar-refractivity contribution in [2.24, 2.45) is 0 Å². The summed E-state index contributed by atoms with van der Waals surface area (Å²) in [6, 6.07) is 15.7. The van der Waals surface area contributed by atoms with Gasteiger partial charge in [0.15, 0.2) is 0 Å². The molecule has 5 heteroatoms. The molecule has 2 heterocycles. The molecule has 25 heavy (non-hydrogen) atoms. The molecule has 0 fully saturated rings. The number of carbonyl (C=O) groups is 1. The monoisotopic (exact) mass is 333 g/mol. The zero-order valence-electron chi connectivity index (χ0n) is 13.9. The number of hydrogen-bond acceptors (Lipinski definition) is 2. The summed E-state index contributed by atoms with van der Waals surface area (Å²) in [4.78, 5) is 18.8. The van der Waals surface area contributed by atoms with E-state index >= 15 is 0 Å². The van der Waals surface area contributed by atoms with Gasteiger partial charge in [-0.2, -0.15) is 0 Å². The number of amides is 1. The van der Waals surface area contributed by atoms with Crippen molar-refractivity contribution < 1.29 is 9.53 Å². The average molecular weight is 333 g/mol. The van der Waals surface area contributed by atoms with Gasteiger partial charge in [-0.05, 0) is 42.3 Å². The van der Waals surface area contributed by atoms with Crippen LogP contribution in [0.4, 0.5) is 0 Å². The molecule has 2 aromatic carbocycles. The molecule has 0 aliphatic heterocycles. The van der Waals surface area contributed by atoms with Gasteiger partial charge < -0.3 is 20.0 Å². The Balaban J connectivity index is 1.43. The van der Waals surface area contributed by atoms with Gasteiger partial charge in [-0.3, -0.25) is 4.79 Å². The molecule has 0 spiro atoms. The number of rotatable bonds is 5. The fourth-order valence-corrected chi connectivity index (χ4v) is 3.10. The van der Waals surface area contributed by atoms with Crippen LogP contribution >= 0.6 is 0 Å². The number of benzene rings is 2. The van der Waals surface area contributed by atoms with E-state index in [2.05, 4.69) is 27.4 Å². The highest BCUT2D eigenvalue weighted by atomic mass is 16.5. The first-order valence-electron chi connectivity index (χ1n) is 8.24. The first-order valence-corrected chi connectivity index (χ1v) is 8.24. The largest absolute Gasteiger partial charge is 0.497 e. The minimum Gasteiger partial charge on any atom is -0.497 e. The predicted octanol–water partition coefficient (Wildman–Crippen LogP) is 3.63. The average Bonchev–Trinajstić information content (AvgIpc) is 3.25. The zero-order valence-corrected chi connectivity index (χ0v) is 13.9. The van der Waals surface area contributed by atoms with Gasteiger partial charge in [0.2, 0.25) is 0 Å². The molecular weight excluding hydrogens is 314 g/mol. The van der Waals surface area contributed by atoms with Crippen molar-refractivity contribution in [1.82, 2.24) is 15.3 Å². The van der Waals surface area contributed by atoms with Crippen molar-refractivity contribution in [3.63, 3.8) is 0 Å². The Morgan fingerprint density at radius 3 is 2.88 bits per heavy atom. The number of nitrogens with one attached hydrogen (secondary N) is 3. The van der Waals surface area contributed by atoms with E-state index in [0.717, 1.165) is 28.6 Å². The second kappa shape index (κ2) is 6.36. The normalized spacial score (nSPS) is 11.1. The van der Waals surface area contributed by atoms with Gasteiger partial charge in [-0.15, -0.1) is 0 Å². The number of methoxy groups -OCH3 is 1. The number of H-pyrrole nitrogens is 2. The minimum atomic E-state index is -0.102. The van der Waals surface area contributed by atoms with Crippen molar-refractivity contribution in [3.05, 3.63) is 66.0 Å². The summed E-state index contributed by atoms with van der Waals surface area (Å²) in [6.45, 7) is 0.583. The lowest BCUT2D eigenvalue weighted by molar-refractivity contribution is 0.0950. The van der Waals surface area contributed by atoms with E-state index in [9.17, 15) is 4.79 Å². The third kappa shape index (κ3) is 2.96. The molecule has 0 aliphatic carbocycles. The van der Waals surface area contributed by atoms with E-state index in [1.807, 2.05) is 42.6 Å². The maximum Gasteiger partial charge on any atom is 0.267 e. The van der Waals surface area contributed by atoms with Gasteiger partial charge in [-0.1, -0.05) is 18.2 Å². The topological polar surface area (TPSA) is 69.9 Å². The third-order valence-electron chi connectivity index (χ3n) is 4.43. The van der Waals surface area contributed by atoms with Crippen LogP contribution in [0.1, 0.15) is 16.1 Å². The minimum absolute atomic E-state index is 0.102. The fraction of sp³-hybridized carbons (Fsp3) is 0.150. The SMILES string of the molecule is COc1ccc2[nH]c(C(=O)NCCc3c[nH]c4ccccc34)cc2c1. The van der Waals surface area contributed by atoms with E-state index < -0.39 is 0 Å².